The second-order valence-corrected chi connectivity index (χ2v) is 35.3. The van der Waals surface area contributed by atoms with Crippen LogP contribution < -0.4 is 20.9 Å². The van der Waals surface area contributed by atoms with Crippen LogP contribution in [0.15, 0.2) is 84.3 Å². The summed E-state index contributed by atoms with van der Waals surface area (Å²) in [5.41, 5.74) is 10.3. The lowest BCUT2D eigenvalue weighted by Crippen LogP contribution is -2.60. The van der Waals surface area contributed by atoms with Crippen LogP contribution in [0.25, 0.3) is 49.9 Å². The predicted molar refractivity (Wildman–Crippen MR) is 458 cm³/mol. The zero-order valence-corrected chi connectivity index (χ0v) is 72.8. The smallest absolute Gasteiger partial charge is 0.320 e. The summed E-state index contributed by atoms with van der Waals surface area (Å²) in [6.07, 6.45) is 26.3. The summed E-state index contributed by atoms with van der Waals surface area (Å²) in [5, 5.41) is 72.3. The molecule has 6 aliphatic rings. The van der Waals surface area contributed by atoms with Gasteiger partial charge in [-0.05, 0) is 208 Å². The lowest BCUT2D eigenvalue weighted by Gasteiger charge is -2.49. The first kappa shape index (κ1) is 87.5. The van der Waals surface area contributed by atoms with Gasteiger partial charge in [0.1, 0.15) is 16.9 Å². The van der Waals surface area contributed by atoms with Crippen LogP contribution in [0.4, 0.5) is 32.8 Å². The Morgan fingerprint density at radius 3 is 1.49 bits per heavy atom. The minimum atomic E-state index is -1.34. The number of hydrogen-bond acceptors (Lipinski definition) is 25. The fourth-order valence-electron chi connectivity index (χ4n) is 17.8. The Morgan fingerprint density at radius 1 is 0.595 bits per heavy atom. The molecule has 34 heteroatoms. The number of hydrogen-bond donors (Lipinski definition) is 6. The monoisotopic (exact) mass is 1670 g/mol. The summed E-state index contributed by atoms with van der Waals surface area (Å²) in [5.74, 6) is 4.34. The molecule has 2 aliphatic heterocycles. The summed E-state index contributed by atoms with van der Waals surface area (Å²) in [7, 11) is 3.36. The number of anilines is 4. The highest BCUT2D eigenvalue weighted by molar-refractivity contribution is 5.86. The summed E-state index contributed by atoms with van der Waals surface area (Å²) >= 11 is 0. The van der Waals surface area contributed by atoms with E-state index in [1.807, 2.05) is 138 Å². The Morgan fingerprint density at radius 2 is 1.06 bits per heavy atom. The van der Waals surface area contributed by atoms with Gasteiger partial charge in [0.15, 0.2) is 6.36 Å². The molecular formula is C87H124FN23O10. The van der Waals surface area contributed by atoms with Crippen molar-refractivity contribution >= 4 is 52.2 Å². The van der Waals surface area contributed by atoms with Gasteiger partial charge < -0.3 is 74.2 Å². The van der Waals surface area contributed by atoms with Gasteiger partial charge in [-0.2, -0.15) is 10.2 Å². The van der Waals surface area contributed by atoms with E-state index in [-0.39, 0.29) is 78.5 Å². The summed E-state index contributed by atoms with van der Waals surface area (Å²) in [6.45, 7) is 29.7. The molecule has 1 unspecified atom stereocenters. The highest BCUT2D eigenvalue weighted by atomic mass is 19.1. The molecule has 6 fully saturated rings. The van der Waals surface area contributed by atoms with Crippen molar-refractivity contribution in [2.24, 2.45) is 0 Å². The Kier molecular flexibility index (Phi) is 27.4. The predicted octanol–water partition coefficient (Wildman–Crippen LogP) is 12.0. The molecule has 6 N–H and O–H groups in total. The van der Waals surface area contributed by atoms with Crippen molar-refractivity contribution in [3.8, 4) is 33.4 Å². The van der Waals surface area contributed by atoms with Crippen molar-refractivity contribution in [2.45, 2.75) is 263 Å². The lowest BCUT2D eigenvalue weighted by atomic mass is 9.78. The van der Waals surface area contributed by atoms with Gasteiger partial charge in [0.2, 0.25) is 35.5 Å². The SMILES string of the molecule is CCN(C(=O)N1CCN(c2cc(-c3cc(C4CCC(O)CC4)n4nc(N[C@@H](C)COC)ncc34)ccn2)CC1)C(C)C.COC[C@H](C)Nc1ncc2c(-c3cnn(C(C)(C)C(=O)N4CCOC5(CCC5)C4)c3)cc(C3CCC(O)CC3)n2n1.Cc1nnc(C(C)(C)n2cc(-c3cc(C4CCC(O)CC4)n4nc(N[C@@H](C)COC(C)F)ncc34)cn2)o1. The first-order valence-electron chi connectivity index (χ1n) is 43.4. The average Bonchev–Trinajstić information content (AvgIpc) is 1.66. The number of alkyl halides is 1. The van der Waals surface area contributed by atoms with Gasteiger partial charge in [0.05, 0.1) is 97.9 Å². The molecule has 121 heavy (non-hydrogen) atoms. The van der Waals surface area contributed by atoms with E-state index in [4.69, 9.17) is 48.7 Å². The maximum absolute atomic E-state index is 13.8. The van der Waals surface area contributed by atoms with Crippen LogP contribution in [0.1, 0.15) is 219 Å². The number of fused-ring (bicyclic) bond motifs is 3. The molecule has 0 aromatic carbocycles. The van der Waals surface area contributed by atoms with E-state index < -0.39 is 17.4 Å². The van der Waals surface area contributed by atoms with E-state index in [9.17, 15) is 29.3 Å². The van der Waals surface area contributed by atoms with E-state index >= 15 is 0 Å². The highest BCUT2D eigenvalue weighted by Crippen LogP contribution is 2.44. The number of morpholine rings is 1. The van der Waals surface area contributed by atoms with Crippen LogP contribution in [0.5, 0.6) is 0 Å². The van der Waals surface area contributed by atoms with E-state index in [0.717, 1.165) is 182 Å². The molecule has 4 aliphatic carbocycles. The van der Waals surface area contributed by atoms with Crippen LogP contribution in [0.2, 0.25) is 0 Å². The average molecular weight is 1670 g/mol. The zero-order valence-electron chi connectivity index (χ0n) is 72.8. The first-order valence-corrected chi connectivity index (χ1v) is 43.4. The fraction of sp³-hybridized carbons (Fsp3) is 0.621. The molecule has 1 spiro atoms. The van der Waals surface area contributed by atoms with Crippen molar-refractivity contribution in [1.82, 2.24) is 93.2 Å². The standard InChI is InChI=1S/C31H46N8O3.C30H43N7O4.C26H35FN8O3/c1-6-38(21(2)3)31(41)37-15-13-36(14-16-37)29-17-24(11-12-32-29)26-18-27(23-7-9-25(40)10-8-23)39-28(26)19-33-30(35-39)34-22(4)20-42-5;1-20(18-40-4)33-28-31-16-26-24(14-25(37(26)34-28)21-6-8-23(38)9-7-21)22-15-32-36(17-22)29(2,3)27(39)35-12-13-41-30(19-35)10-5-11-30;1-15(14-37-16(2)27)30-25-28-12-23-21(10-22(35(23)33-25)18-6-8-20(36)9-7-18)19-11-29-34(13-19)26(4,5)24-32-31-17(3)38-24/h11-12,17-19,21-23,25,40H,6-10,13-16,20H2,1-5H3,(H,34,35);14-17,20-21,23,38H,5-13,18-19H2,1-4H3,(H,33,34);10-13,15-16,18,20,36H,6-9,14H2,1-5H3,(H,30,33)/t22-,23?,25?;20-,21?,23?;15-,16?,18?,20?/m000/s1. The fourth-order valence-corrected chi connectivity index (χ4v) is 17.8. The largest absolute Gasteiger partial charge is 0.423 e. The van der Waals surface area contributed by atoms with E-state index in [2.05, 4.69) is 89.2 Å². The molecule has 10 aromatic heterocycles. The van der Waals surface area contributed by atoms with Gasteiger partial charge in [0, 0.05) is 172 Å². The van der Waals surface area contributed by atoms with Crippen LogP contribution in [0, 0.1) is 6.92 Å². The number of nitrogens with zero attached hydrogens (tertiary/aromatic N) is 20. The van der Waals surface area contributed by atoms with Crippen molar-refractivity contribution in [1.29, 1.82) is 0 Å². The number of methoxy groups -OCH3 is 2. The number of aliphatic hydroxyl groups excluding tert-OH is 3. The lowest BCUT2D eigenvalue weighted by molar-refractivity contribution is -0.173. The van der Waals surface area contributed by atoms with E-state index in [1.165, 1.54) is 6.92 Å². The maximum atomic E-state index is 13.8. The molecule has 654 valence electrons. The van der Waals surface area contributed by atoms with Crippen molar-refractivity contribution in [3.05, 3.63) is 109 Å². The van der Waals surface area contributed by atoms with Gasteiger partial charge in [-0.3, -0.25) is 14.2 Å². The number of halogens is 1. The molecule has 0 bridgehead atoms. The van der Waals surface area contributed by atoms with E-state index in [0.29, 0.717) is 88.1 Å². The Labute approximate surface area is 706 Å². The number of rotatable bonds is 26. The number of piperazine rings is 1. The number of urea groups is 1. The molecule has 12 heterocycles. The topological polar surface area (TPSA) is 359 Å². The number of carbonyl (C=O) groups excluding carboxylic acids is 2. The minimum Gasteiger partial charge on any atom is -0.423 e. The number of ether oxygens (including phenoxy) is 4. The van der Waals surface area contributed by atoms with Crippen LogP contribution in [-0.4, -0.2) is 261 Å². The number of aryl methyl sites for hydroxylation is 1. The molecule has 10 aromatic rings. The minimum absolute atomic E-state index is 0.0596. The van der Waals surface area contributed by atoms with Gasteiger partial charge in [-0.15, -0.1) is 25.5 Å². The summed E-state index contributed by atoms with van der Waals surface area (Å²) in [4.78, 5) is 53.4. The number of nitrogens with one attached hydrogen (secondary N) is 3. The van der Waals surface area contributed by atoms with Crippen LogP contribution in [0.3, 0.4) is 0 Å². The van der Waals surface area contributed by atoms with Crippen molar-refractivity contribution in [3.63, 3.8) is 0 Å². The summed E-state index contributed by atoms with van der Waals surface area (Å²) in [6, 6.07) is 11.0. The Balaban J connectivity index is 0.000000149. The van der Waals surface area contributed by atoms with Gasteiger partial charge >= 0.3 is 6.03 Å². The normalized spacial score (nSPS) is 21.3. The molecule has 0 radical (unpaired) electrons. The van der Waals surface area contributed by atoms with Gasteiger partial charge in [-0.1, -0.05) is 0 Å². The Hall–Kier alpha value is -9.84. The van der Waals surface area contributed by atoms with Gasteiger partial charge in [0.25, 0.3) is 0 Å². The molecular weight excluding hydrogens is 1550 g/mol. The molecule has 2 saturated heterocycles. The number of aromatic nitrogens is 16. The number of carbonyl (C=O) groups is 2. The maximum Gasteiger partial charge on any atom is 0.320 e. The van der Waals surface area contributed by atoms with Crippen molar-refractivity contribution in [2.75, 3.05) is 107 Å². The zero-order chi connectivity index (χ0) is 85.6. The van der Waals surface area contributed by atoms with E-state index in [1.54, 1.807) is 32.0 Å². The van der Waals surface area contributed by atoms with Crippen LogP contribution in [-0.2, 0) is 34.8 Å². The summed E-state index contributed by atoms with van der Waals surface area (Å²) < 4.78 is 50.0. The van der Waals surface area contributed by atoms with Crippen LogP contribution >= 0.6 is 0 Å². The third kappa shape index (κ3) is 19.8. The Bertz CT molecular complexity index is 5110. The highest BCUT2D eigenvalue weighted by Gasteiger charge is 2.47. The molecule has 4 atom stereocenters. The molecule has 33 nitrogen and oxygen atoms in total. The first-order chi connectivity index (χ1) is 58.1. The quantitative estimate of drug-likeness (QED) is 0.0293. The molecule has 16 rings (SSSR count). The number of amides is 3. The molecule has 4 saturated carbocycles. The second-order valence-electron chi connectivity index (χ2n) is 35.3. The van der Waals surface area contributed by atoms with Gasteiger partial charge in [-0.25, -0.2) is 42.7 Å². The number of aliphatic hydroxyl groups is 3. The number of pyridine rings is 1. The third-order valence-electron chi connectivity index (χ3n) is 25.0. The second kappa shape index (κ2) is 37.9. The molecule has 3 amide bonds. The third-order valence-corrected chi connectivity index (χ3v) is 25.0. The van der Waals surface area contributed by atoms with Crippen molar-refractivity contribution < 1.29 is 52.7 Å².